The van der Waals surface area contributed by atoms with Crippen LogP contribution in [-0.4, -0.2) is 36.4 Å². The van der Waals surface area contributed by atoms with Gasteiger partial charge in [0.05, 0.1) is 23.4 Å². The number of ether oxygens (including phenoxy) is 1. The molecule has 1 aliphatic heterocycles. The van der Waals surface area contributed by atoms with E-state index < -0.39 is 0 Å². The number of carbonyl (C=O) groups excluding carboxylic acids is 2. The average molecular weight is 366 g/mol. The first-order valence-corrected chi connectivity index (χ1v) is 9.62. The van der Waals surface area contributed by atoms with Gasteiger partial charge in [0, 0.05) is 13.1 Å². The molecule has 2 aromatic carbocycles. The predicted molar refractivity (Wildman–Crippen MR) is 106 cm³/mol. The Bertz CT molecular complexity index is 798. The van der Waals surface area contributed by atoms with Crippen molar-refractivity contribution in [3.63, 3.8) is 0 Å². The van der Waals surface area contributed by atoms with Gasteiger partial charge < -0.3 is 15.0 Å². The molecule has 2 aromatic rings. The Hall–Kier alpha value is -2.82. The number of anilines is 1. The molecule has 142 valence electrons. The summed E-state index contributed by atoms with van der Waals surface area (Å²) in [6.45, 7) is 4.21. The summed E-state index contributed by atoms with van der Waals surface area (Å²) in [5.74, 6) is 0.256. The largest absolute Gasteiger partial charge is 0.493 e. The average Bonchev–Trinajstić information content (AvgIpc) is 3.23. The number of hydrogen-bond acceptors (Lipinski definition) is 3. The fourth-order valence-corrected chi connectivity index (χ4v) is 3.17. The lowest BCUT2D eigenvalue weighted by atomic mass is 10.1. The topological polar surface area (TPSA) is 58.6 Å². The molecular formula is C22H26N2O3. The Morgan fingerprint density at radius 3 is 2.41 bits per heavy atom. The Balaban J connectivity index is 1.78. The normalized spacial score (nSPS) is 13.4. The van der Waals surface area contributed by atoms with Gasteiger partial charge in [-0.15, -0.1) is 0 Å². The van der Waals surface area contributed by atoms with E-state index in [9.17, 15) is 9.59 Å². The van der Waals surface area contributed by atoms with Crippen LogP contribution in [-0.2, 0) is 0 Å². The summed E-state index contributed by atoms with van der Waals surface area (Å²) in [5.41, 5.74) is 1.52. The van der Waals surface area contributed by atoms with E-state index in [1.54, 1.807) is 24.3 Å². The number of para-hydroxylation sites is 2. The van der Waals surface area contributed by atoms with Crippen molar-refractivity contribution in [3.05, 3.63) is 59.7 Å². The summed E-state index contributed by atoms with van der Waals surface area (Å²) >= 11 is 0. The van der Waals surface area contributed by atoms with Crippen LogP contribution in [0.25, 0.3) is 0 Å². The maximum absolute atomic E-state index is 12.8. The number of rotatable bonds is 7. The van der Waals surface area contributed by atoms with Crippen molar-refractivity contribution < 1.29 is 14.3 Å². The van der Waals surface area contributed by atoms with Gasteiger partial charge in [0.25, 0.3) is 11.8 Å². The van der Waals surface area contributed by atoms with Gasteiger partial charge in [0.2, 0.25) is 0 Å². The van der Waals surface area contributed by atoms with Crippen molar-refractivity contribution in [1.82, 2.24) is 4.90 Å². The summed E-state index contributed by atoms with van der Waals surface area (Å²) in [6.07, 6.45) is 4.02. The predicted octanol–water partition coefficient (Wildman–Crippen LogP) is 4.35. The third kappa shape index (κ3) is 4.67. The van der Waals surface area contributed by atoms with Gasteiger partial charge in [-0.3, -0.25) is 9.59 Å². The van der Waals surface area contributed by atoms with E-state index in [2.05, 4.69) is 12.2 Å². The van der Waals surface area contributed by atoms with E-state index in [0.29, 0.717) is 29.2 Å². The first-order valence-electron chi connectivity index (χ1n) is 9.62. The zero-order valence-electron chi connectivity index (χ0n) is 15.7. The molecule has 0 radical (unpaired) electrons. The molecule has 5 nitrogen and oxygen atoms in total. The van der Waals surface area contributed by atoms with E-state index >= 15 is 0 Å². The molecule has 0 bridgehead atoms. The second kappa shape index (κ2) is 9.21. The molecule has 1 heterocycles. The van der Waals surface area contributed by atoms with E-state index in [4.69, 9.17) is 4.74 Å². The quantitative estimate of drug-likeness (QED) is 0.741. The number of benzene rings is 2. The molecule has 3 rings (SSSR count). The van der Waals surface area contributed by atoms with E-state index in [1.165, 1.54) is 0 Å². The smallest absolute Gasteiger partial charge is 0.259 e. The highest BCUT2D eigenvalue weighted by atomic mass is 16.5. The number of nitrogens with one attached hydrogen (secondary N) is 1. The molecule has 27 heavy (non-hydrogen) atoms. The summed E-state index contributed by atoms with van der Waals surface area (Å²) in [4.78, 5) is 27.5. The van der Waals surface area contributed by atoms with Crippen molar-refractivity contribution in [2.45, 2.75) is 32.6 Å². The van der Waals surface area contributed by atoms with Crippen LogP contribution >= 0.6 is 0 Å². The van der Waals surface area contributed by atoms with Gasteiger partial charge in [-0.25, -0.2) is 0 Å². The second-order valence-corrected chi connectivity index (χ2v) is 6.70. The van der Waals surface area contributed by atoms with E-state index in [1.807, 2.05) is 29.2 Å². The summed E-state index contributed by atoms with van der Waals surface area (Å²) in [7, 11) is 0. The molecule has 0 aliphatic carbocycles. The highest BCUT2D eigenvalue weighted by Gasteiger charge is 2.23. The molecule has 0 atom stereocenters. The maximum Gasteiger partial charge on any atom is 0.259 e. The second-order valence-electron chi connectivity index (χ2n) is 6.70. The minimum Gasteiger partial charge on any atom is -0.493 e. The van der Waals surface area contributed by atoms with Crippen molar-refractivity contribution in [1.29, 1.82) is 0 Å². The lowest BCUT2D eigenvalue weighted by Gasteiger charge is -2.18. The lowest BCUT2D eigenvalue weighted by Crippen LogP contribution is -2.28. The molecule has 1 saturated heterocycles. The fourth-order valence-electron chi connectivity index (χ4n) is 3.17. The van der Waals surface area contributed by atoms with Gasteiger partial charge in [0.15, 0.2) is 0 Å². The zero-order chi connectivity index (χ0) is 19.1. The standard InChI is InChI=1S/C22H26N2O3/c1-2-3-16-27-20-13-7-5-11-18(20)21(25)23-19-12-6-4-10-17(19)22(26)24-14-8-9-15-24/h4-7,10-13H,2-3,8-9,14-16H2,1H3,(H,23,25). The van der Waals surface area contributed by atoms with Gasteiger partial charge in [-0.1, -0.05) is 37.6 Å². The van der Waals surface area contributed by atoms with Gasteiger partial charge in [-0.05, 0) is 43.5 Å². The Morgan fingerprint density at radius 1 is 1.00 bits per heavy atom. The van der Waals surface area contributed by atoms with Crippen molar-refractivity contribution in [2.24, 2.45) is 0 Å². The minimum absolute atomic E-state index is 0.0316. The first-order chi connectivity index (χ1) is 13.2. The molecule has 5 heteroatoms. The highest BCUT2D eigenvalue weighted by molar-refractivity contribution is 6.10. The van der Waals surface area contributed by atoms with Gasteiger partial charge in [-0.2, -0.15) is 0 Å². The van der Waals surface area contributed by atoms with Crippen LogP contribution in [0.15, 0.2) is 48.5 Å². The monoisotopic (exact) mass is 366 g/mol. The minimum atomic E-state index is -0.274. The fraction of sp³-hybridized carbons (Fsp3) is 0.364. The number of hydrogen-bond donors (Lipinski definition) is 1. The number of carbonyl (C=O) groups is 2. The van der Waals surface area contributed by atoms with E-state index in [-0.39, 0.29) is 11.8 Å². The molecule has 1 fully saturated rings. The molecule has 1 aliphatic rings. The Kier molecular flexibility index (Phi) is 6.47. The van der Waals surface area contributed by atoms with Crippen molar-refractivity contribution in [2.75, 3.05) is 25.0 Å². The molecule has 0 unspecified atom stereocenters. The summed E-state index contributed by atoms with van der Waals surface area (Å²) in [5, 5.41) is 2.90. The molecule has 0 spiro atoms. The van der Waals surface area contributed by atoms with Crippen LogP contribution in [0.4, 0.5) is 5.69 Å². The van der Waals surface area contributed by atoms with Crippen LogP contribution in [0.1, 0.15) is 53.3 Å². The van der Waals surface area contributed by atoms with Crippen LogP contribution in [0.5, 0.6) is 5.75 Å². The zero-order valence-corrected chi connectivity index (χ0v) is 15.7. The van der Waals surface area contributed by atoms with E-state index in [0.717, 1.165) is 38.8 Å². The number of likely N-dealkylation sites (tertiary alicyclic amines) is 1. The molecule has 0 saturated carbocycles. The SMILES string of the molecule is CCCCOc1ccccc1C(=O)Nc1ccccc1C(=O)N1CCCC1. The highest BCUT2D eigenvalue weighted by Crippen LogP contribution is 2.23. The summed E-state index contributed by atoms with van der Waals surface area (Å²) < 4.78 is 5.76. The summed E-state index contributed by atoms with van der Waals surface area (Å²) in [6, 6.07) is 14.4. The van der Waals surface area contributed by atoms with Crippen molar-refractivity contribution in [3.8, 4) is 5.75 Å². The lowest BCUT2D eigenvalue weighted by molar-refractivity contribution is 0.0794. The molecule has 0 aromatic heterocycles. The maximum atomic E-state index is 12.8. The Labute approximate surface area is 160 Å². The van der Waals surface area contributed by atoms with Gasteiger partial charge in [0.1, 0.15) is 5.75 Å². The number of nitrogens with zero attached hydrogens (tertiary/aromatic N) is 1. The van der Waals surface area contributed by atoms with Crippen LogP contribution < -0.4 is 10.1 Å². The van der Waals surface area contributed by atoms with Crippen molar-refractivity contribution >= 4 is 17.5 Å². The molecular weight excluding hydrogens is 340 g/mol. The number of unbranched alkanes of at least 4 members (excludes halogenated alkanes) is 1. The van der Waals surface area contributed by atoms with Gasteiger partial charge >= 0.3 is 0 Å². The molecule has 1 N–H and O–H groups in total. The molecule has 2 amide bonds. The van der Waals surface area contributed by atoms with Crippen LogP contribution in [0.2, 0.25) is 0 Å². The third-order valence-corrected chi connectivity index (χ3v) is 4.69. The first kappa shape index (κ1) is 19.0. The van der Waals surface area contributed by atoms with Crippen LogP contribution in [0.3, 0.4) is 0 Å². The van der Waals surface area contributed by atoms with Crippen LogP contribution in [0, 0.1) is 0 Å². The third-order valence-electron chi connectivity index (χ3n) is 4.69. The number of amides is 2. The Morgan fingerprint density at radius 2 is 1.67 bits per heavy atom.